The van der Waals surface area contributed by atoms with Crippen molar-refractivity contribution in [3.63, 3.8) is 0 Å². The van der Waals surface area contributed by atoms with E-state index in [1.165, 1.54) is 7.05 Å². The maximum Gasteiger partial charge on any atom is 0.406 e. The largest absolute Gasteiger partial charge is 0.406 e. The molecule has 21 heavy (non-hydrogen) atoms. The summed E-state index contributed by atoms with van der Waals surface area (Å²) in [4.78, 5) is 14.9. The lowest BCUT2D eigenvalue weighted by Crippen LogP contribution is -2.47. The maximum atomic E-state index is 12.4. The van der Waals surface area contributed by atoms with Crippen LogP contribution in [0.1, 0.15) is 40.0 Å². The summed E-state index contributed by atoms with van der Waals surface area (Å²) in [5.74, 6) is 0.558. The Morgan fingerprint density at radius 3 is 2.43 bits per heavy atom. The molecule has 0 radical (unpaired) electrons. The zero-order chi connectivity index (χ0) is 16.2. The summed E-state index contributed by atoms with van der Waals surface area (Å²) < 4.78 is 37.1. The number of hydrogen-bond donors (Lipinski definition) is 0. The molecule has 6 heteroatoms. The molecule has 2 atom stereocenters. The number of likely N-dealkylation sites (tertiary alicyclic amines) is 1. The molecule has 0 N–H and O–H groups in total. The number of nitrogens with zero attached hydrogens (tertiary/aromatic N) is 2. The van der Waals surface area contributed by atoms with E-state index in [0.717, 1.165) is 30.7 Å². The molecule has 1 aliphatic rings. The number of amides is 1. The van der Waals surface area contributed by atoms with Crippen LogP contribution in [0, 0.1) is 11.8 Å². The van der Waals surface area contributed by atoms with Crippen molar-refractivity contribution in [2.75, 3.05) is 26.7 Å². The summed E-state index contributed by atoms with van der Waals surface area (Å²) in [6.07, 6.45) is -1.21. The summed E-state index contributed by atoms with van der Waals surface area (Å²) in [5, 5.41) is 0. The van der Waals surface area contributed by atoms with Crippen LogP contribution >= 0.6 is 0 Å². The van der Waals surface area contributed by atoms with E-state index in [1.807, 2.05) is 0 Å². The van der Waals surface area contributed by atoms with Gasteiger partial charge in [-0.2, -0.15) is 13.2 Å². The van der Waals surface area contributed by atoms with Crippen LogP contribution in [0.4, 0.5) is 13.2 Å². The molecule has 1 amide bonds. The quantitative estimate of drug-likeness (QED) is 0.796. The van der Waals surface area contributed by atoms with Gasteiger partial charge in [0.15, 0.2) is 0 Å². The molecule has 0 spiro atoms. The van der Waals surface area contributed by atoms with Gasteiger partial charge in [0, 0.05) is 13.1 Å². The average Bonchev–Trinajstić information content (AvgIpc) is 2.49. The molecule has 2 unspecified atom stereocenters. The molecule has 1 aliphatic heterocycles. The highest BCUT2D eigenvalue weighted by Crippen LogP contribution is 2.26. The van der Waals surface area contributed by atoms with Gasteiger partial charge in [0.05, 0.1) is 6.54 Å². The number of alkyl halides is 3. The Kier molecular flexibility index (Phi) is 6.50. The monoisotopic (exact) mass is 308 g/mol. The highest BCUT2D eigenvalue weighted by Gasteiger charge is 2.33. The molecule has 0 aliphatic carbocycles. The van der Waals surface area contributed by atoms with Gasteiger partial charge in [-0.05, 0) is 37.6 Å². The number of carbonyl (C=O) groups is 1. The second-order valence-corrected chi connectivity index (χ2v) is 6.62. The fourth-order valence-corrected chi connectivity index (χ4v) is 2.94. The topological polar surface area (TPSA) is 23.6 Å². The van der Waals surface area contributed by atoms with Gasteiger partial charge in [-0.3, -0.25) is 9.69 Å². The van der Waals surface area contributed by atoms with Crippen molar-refractivity contribution in [2.45, 2.75) is 52.3 Å². The molecule has 0 saturated carbocycles. The van der Waals surface area contributed by atoms with Crippen LogP contribution in [-0.2, 0) is 4.79 Å². The fourth-order valence-electron chi connectivity index (χ4n) is 2.94. The van der Waals surface area contributed by atoms with Crippen molar-refractivity contribution in [1.29, 1.82) is 0 Å². The highest BCUT2D eigenvalue weighted by atomic mass is 19.4. The van der Waals surface area contributed by atoms with Crippen molar-refractivity contribution in [2.24, 2.45) is 11.8 Å². The minimum atomic E-state index is -4.34. The standard InChI is InChI=1S/C15H27F3N2O/c1-11(2)13-6-5-12(3)7-8-20(13)9-14(21)19(4)10-15(16,17)18/h11-13H,5-10H2,1-4H3. The van der Waals surface area contributed by atoms with Gasteiger partial charge in [0.25, 0.3) is 0 Å². The molecule has 1 rings (SSSR count). The van der Waals surface area contributed by atoms with Gasteiger partial charge in [-0.25, -0.2) is 0 Å². The van der Waals surface area contributed by atoms with Gasteiger partial charge in [0.2, 0.25) is 5.91 Å². The maximum absolute atomic E-state index is 12.4. The summed E-state index contributed by atoms with van der Waals surface area (Å²) in [5.41, 5.74) is 0. The van der Waals surface area contributed by atoms with Crippen LogP contribution in [0.3, 0.4) is 0 Å². The number of hydrogen-bond acceptors (Lipinski definition) is 2. The van der Waals surface area contributed by atoms with E-state index in [4.69, 9.17) is 0 Å². The van der Waals surface area contributed by atoms with Crippen molar-refractivity contribution in [1.82, 2.24) is 9.80 Å². The van der Waals surface area contributed by atoms with Crippen LogP contribution in [0.25, 0.3) is 0 Å². The predicted molar refractivity (Wildman–Crippen MR) is 76.9 cm³/mol. The van der Waals surface area contributed by atoms with Gasteiger partial charge in [-0.15, -0.1) is 0 Å². The highest BCUT2D eigenvalue weighted by molar-refractivity contribution is 5.78. The number of carbonyl (C=O) groups excluding carboxylic acids is 1. The molecular formula is C15H27F3N2O. The lowest BCUT2D eigenvalue weighted by molar-refractivity contribution is -0.159. The Morgan fingerprint density at radius 1 is 1.29 bits per heavy atom. The second kappa shape index (κ2) is 7.47. The minimum Gasteiger partial charge on any atom is -0.336 e. The van der Waals surface area contributed by atoms with Gasteiger partial charge < -0.3 is 4.90 Å². The SMILES string of the molecule is CC1CCC(C(C)C)N(CC(=O)N(C)CC(F)(F)F)CC1. The van der Waals surface area contributed by atoms with E-state index < -0.39 is 18.6 Å². The predicted octanol–water partition coefficient (Wildman–Crippen LogP) is 3.15. The van der Waals surface area contributed by atoms with Gasteiger partial charge in [0.1, 0.15) is 6.54 Å². The third kappa shape index (κ3) is 6.24. The third-order valence-corrected chi connectivity index (χ3v) is 4.28. The lowest BCUT2D eigenvalue weighted by Gasteiger charge is -2.33. The van der Waals surface area contributed by atoms with Crippen molar-refractivity contribution in [3.8, 4) is 0 Å². The second-order valence-electron chi connectivity index (χ2n) is 6.62. The van der Waals surface area contributed by atoms with Crippen molar-refractivity contribution < 1.29 is 18.0 Å². The zero-order valence-corrected chi connectivity index (χ0v) is 13.4. The molecule has 1 fully saturated rings. The van der Waals surface area contributed by atoms with Gasteiger partial charge >= 0.3 is 6.18 Å². The van der Waals surface area contributed by atoms with Crippen molar-refractivity contribution >= 4 is 5.91 Å². The molecule has 0 aromatic carbocycles. The van der Waals surface area contributed by atoms with E-state index in [1.54, 1.807) is 0 Å². The van der Waals surface area contributed by atoms with Crippen LogP contribution in [0.15, 0.2) is 0 Å². The summed E-state index contributed by atoms with van der Waals surface area (Å²) in [6, 6.07) is 0.276. The number of halogens is 3. The van der Waals surface area contributed by atoms with E-state index in [0.29, 0.717) is 11.8 Å². The Bertz CT molecular complexity index is 344. The summed E-state index contributed by atoms with van der Waals surface area (Å²) >= 11 is 0. The first-order valence-corrected chi connectivity index (χ1v) is 7.65. The van der Waals surface area contributed by atoms with E-state index in [2.05, 4.69) is 25.7 Å². The molecule has 124 valence electrons. The fraction of sp³-hybridized carbons (Fsp3) is 0.933. The number of rotatable bonds is 4. The molecule has 0 aromatic rings. The first-order chi connectivity index (χ1) is 9.60. The molecule has 3 nitrogen and oxygen atoms in total. The Labute approximate surface area is 125 Å². The molecule has 1 heterocycles. The van der Waals surface area contributed by atoms with Crippen molar-refractivity contribution in [3.05, 3.63) is 0 Å². The van der Waals surface area contributed by atoms with E-state index in [9.17, 15) is 18.0 Å². The Hall–Kier alpha value is -0.780. The number of likely N-dealkylation sites (N-methyl/N-ethyl adjacent to an activating group) is 1. The summed E-state index contributed by atoms with van der Waals surface area (Å²) in [6.45, 7) is 6.10. The first kappa shape index (κ1) is 18.3. The van der Waals surface area contributed by atoms with Crippen LogP contribution in [0.5, 0.6) is 0 Å². The smallest absolute Gasteiger partial charge is 0.336 e. The zero-order valence-electron chi connectivity index (χ0n) is 13.4. The normalized spacial score (nSPS) is 25.0. The van der Waals surface area contributed by atoms with Crippen LogP contribution in [0.2, 0.25) is 0 Å². The average molecular weight is 308 g/mol. The molecular weight excluding hydrogens is 281 g/mol. The minimum absolute atomic E-state index is 0.0855. The van der Waals surface area contributed by atoms with Gasteiger partial charge in [-0.1, -0.05) is 20.8 Å². The van der Waals surface area contributed by atoms with E-state index in [-0.39, 0.29) is 12.6 Å². The van der Waals surface area contributed by atoms with E-state index >= 15 is 0 Å². The summed E-state index contributed by atoms with van der Waals surface area (Å²) in [7, 11) is 1.22. The molecule has 1 saturated heterocycles. The Balaban J connectivity index is 2.66. The molecule has 0 bridgehead atoms. The van der Waals surface area contributed by atoms with Crippen LogP contribution in [-0.4, -0.2) is 54.6 Å². The third-order valence-electron chi connectivity index (χ3n) is 4.28. The van der Waals surface area contributed by atoms with Crippen LogP contribution < -0.4 is 0 Å². The Morgan fingerprint density at radius 2 is 1.90 bits per heavy atom. The first-order valence-electron chi connectivity index (χ1n) is 7.65. The lowest BCUT2D eigenvalue weighted by atomic mass is 9.95. The molecule has 0 aromatic heterocycles.